The maximum Gasteiger partial charge on any atom is 0.234 e. The summed E-state index contributed by atoms with van der Waals surface area (Å²) in [5.74, 6) is -0.991. The molecule has 18 heavy (non-hydrogen) atoms. The van der Waals surface area contributed by atoms with Gasteiger partial charge in [-0.1, -0.05) is 0 Å². The second kappa shape index (κ2) is 7.70. The number of benzene rings is 1. The van der Waals surface area contributed by atoms with Gasteiger partial charge in [0, 0.05) is 23.4 Å². The molecule has 7 heteroatoms. The molecular formula is C11H12BrF2NO2S. The minimum absolute atomic E-state index is 0.0475. The van der Waals surface area contributed by atoms with E-state index in [4.69, 9.17) is 4.74 Å². The van der Waals surface area contributed by atoms with Crippen LogP contribution < -0.4 is 5.32 Å². The van der Waals surface area contributed by atoms with Gasteiger partial charge in [-0.3, -0.25) is 4.79 Å². The SMILES string of the molecule is COCCSCC(=O)Nc1c(F)cc(F)cc1Br. The molecule has 0 heterocycles. The fourth-order valence-electron chi connectivity index (χ4n) is 1.14. The molecule has 0 aliphatic rings. The average Bonchev–Trinajstić information content (AvgIpc) is 2.29. The van der Waals surface area contributed by atoms with Crippen LogP contribution >= 0.6 is 27.7 Å². The normalized spacial score (nSPS) is 10.4. The first-order valence-electron chi connectivity index (χ1n) is 5.05. The van der Waals surface area contributed by atoms with Gasteiger partial charge < -0.3 is 10.1 Å². The van der Waals surface area contributed by atoms with Gasteiger partial charge in [-0.15, -0.1) is 11.8 Å². The lowest BCUT2D eigenvalue weighted by Gasteiger charge is -2.08. The number of rotatable bonds is 6. The summed E-state index contributed by atoms with van der Waals surface area (Å²) >= 11 is 4.37. The third-order valence-corrected chi connectivity index (χ3v) is 3.48. The molecule has 0 aliphatic heterocycles. The van der Waals surface area contributed by atoms with Crippen LogP contribution in [0.15, 0.2) is 16.6 Å². The molecule has 100 valence electrons. The van der Waals surface area contributed by atoms with Gasteiger partial charge in [0.05, 0.1) is 18.0 Å². The molecular weight excluding hydrogens is 328 g/mol. The summed E-state index contributed by atoms with van der Waals surface area (Å²) in [4.78, 5) is 11.5. The Labute approximate surface area is 116 Å². The molecule has 0 aromatic heterocycles. The van der Waals surface area contributed by atoms with Crippen molar-refractivity contribution in [1.29, 1.82) is 0 Å². The van der Waals surface area contributed by atoms with Crippen LogP contribution in [0.4, 0.5) is 14.5 Å². The lowest BCUT2D eigenvalue weighted by molar-refractivity contribution is -0.113. The largest absolute Gasteiger partial charge is 0.384 e. The van der Waals surface area contributed by atoms with Gasteiger partial charge in [0.25, 0.3) is 0 Å². The van der Waals surface area contributed by atoms with E-state index in [9.17, 15) is 13.6 Å². The van der Waals surface area contributed by atoms with Crippen LogP contribution in [0.1, 0.15) is 0 Å². The zero-order valence-corrected chi connectivity index (χ0v) is 12.0. The number of amides is 1. The molecule has 1 aromatic rings. The summed E-state index contributed by atoms with van der Waals surface area (Å²) in [6.45, 7) is 0.548. The van der Waals surface area contributed by atoms with Gasteiger partial charge in [0.15, 0.2) is 5.82 Å². The van der Waals surface area contributed by atoms with Crippen molar-refractivity contribution >= 4 is 39.3 Å². The minimum Gasteiger partial charge on any atom is -0.384 e. The first-order chi connectivity index (χ1) is 8.54. The summed E-state index contributed by atoms with van der Waals surface area (Å²) in [6, 6.07) is 1.81. The van der Waals surface area contributed by atoms with Crippen LogP contribution in [-0.4, -0.2) is 31.1 Å². The Balaban J connectivity index is 2.54. The fourth-order valence-corrected chi connectivity index (χ4v) is 2.34. The molecule has 3 nitrogen and oxygen atoms in total. The van der Waals surface area contributed by atoms with E-state index in [0.29, 0.717) is 12.4 Å². The van der Waals surface area contributed by atoms with Crippen LogP contribution in [0.3, 0.4) is 0 Å². The monoisotopic (exact) mass is 339 g/mol. The summed E-state index contributed by atoms with van der Waals surface area (Å²) < 4.78 is 31.2. The topological polar surface area (TPSA) is 38.3 Å². The number of carbonyl (C=O) groups is 1. The van der Waals surface area contributed by atoms with Crippen LogP contribution in [0.2, 0.25) is 0 Å². The highest BCUT2D eigenvalue weighted by molar-refractivity contribution is 9.10. The Bertz CT molecular complexity index is 408. The first kappa shape index (κ1) is 15.4. The summed E-state index contributed by atoms with van der Waals surface area (Å²) in [5.41, 5.74) is -0.0475. The molecule has 0 saturated heterocycles. The number of methoxy groups -OCH3 is 1. The van der Waals surface area contributed by atoms with Crippen LogP contribution in [0, 0.1) is 11.6 Å². The summed E-state index contributed by atoms with van der Waals surface area (Å²) in [7, 11) is 1.58. The third kappa shape index (κ3) is 4.91. The highest BCUT2D eigenvalue weighted by Crippen LogP contribution is 2.26. The molecule has 0 aliphatic carbocycles. The van der Waals surface area contributed by atoms with Gasteiger partial charge in [0.2, 0.25) is 5.91 Å². The van der Waals surface area contributed by atoms with Crippen molar-refractivity contribution in [3.05, 3.63) is 28.2 Å². The van der Waals surface area contributed by atoms with Crippen molar-refractivity contribution in [3.8, 4) is 0 Å². The van der Waals surface area contributed by atoms with Crippen molar-refractivity contribution < 1.29 is 18.3 Å². The maximum absolute atomic E-state index is 13.4. The molecule has 0 radical (unpaired) electrons. The summed E-state index contributed by atoms with van der Waals surface area (Å²) in [5, 5.41) is 2.39. The van der Waals surface area contributed by atoms with Gasteiger partial charge >= 0.3 is 0 Å². The Morgan fingerprint density at radius 1 is 1.50 bits per heavy atom. The zero-order valence-electron chi connectivity index (χ0n) is 9.63. The predicted octanol–water partition coefficient (Wildman–Crippen LogP) is 3.05. The van der Waals surface area contributed by atoms with Gasteiger partial charge in [0.1, 0.15) is 5.82 Å². The van der Waals surface area contributed by atoms with Gasteiger partial charge in [-0.25, -0.2) is 8.78 Å². The molecule has 0 spiro atoms. The molecule has 0 fully saturated rings. The van der Waals surface area contributed by atoms with E-state index < -0.39 is 11.6 Å². The number of hydrogen-bond donors (Lipinski definition) is 1. The molecule has 1 aromatic carbocycles. The number of hydrogen-bond acceptors (Lipinski definition) is 3. The minimum atomic E-state index is -0.808. The number of carbonyl (C=O) groups excluding carboxylic acids is 1. The summed E-state index contributed by atoms with van der Waals surface area (Å²) in [6.07, 6.45) is 0. The van der Waals surface area contributed by atoms with E-state index in [-0.39, 0.29) is 21.8 Å². The highest BCUT2D eigenvalue weighted by atomic mass is 79.9. The van der Waals surface area contributed by atoms with E-state index >= 15 is 0 Å². The van der Waals surface area contributed by atoms with E-state index in [0.717, 1.165) is 12.1 Å². The molecule has 1 N–H and O–H groups in total. The molecule has 0 bridgehead atoms. The van der Waals surface area contributed by atoms with Crippen molar-refractivity contribution in [3.63, 3.8) is 0 Å². The van der Waals surface area contributed by atoms with Crippen molar-refractivity contribution in [2.45, 2.75) is 0 Å². The fraction of sp³-hybridized carbons (Fsp3) is 0.364. The smallest absolute Gasteiger partial charge is 0.234 e. The standard InChI is InChI=1S/C11H12BrF2NO2S/c1-17-2-3-18-6-10(16)15-11-8(12)4-7(13)5-9(11)14/h4-5H,2-3,6H2,1H3,(H,15,16). The van der Waals surface area contributed by atoms with Crippen LogP contribution in [-0.2, 0) is 9.53 Å². The lowest BCUT2D eigenvalue weighted by atomic mass is 10.3. The third-order valence-electron chi connectivity index (χ3n) is 1.94. The second-order valence-corrected chi connectivity index (χ2v) is 5.30. The highest BCUT2D eigenvalue weighted by Gasteiger charge is 2.12. The van der Waals surface area contributed by atoms with Crippen molar-refractivity contribution in [1.82, 2.24) is 0 Å². The Morgan fingerprint density at radius 2 is 2.22 bits per heavy atom. The van der Waals surface area contributed by atoms with Crippen LogP contribution in [0.5, 0.6) is 0 Å². The Hall–Kier alpha value is -0.660. The van der Waals surface area contributed by atoms with E-state index in [2.05, 4.69) is 21.2 Å². The molecule has 1 amide bonds. The Kier molecular flexibility index (Phi) is 6.59. The number of anilines is 1. The molecule has 0 unspecified atom stereocenters. The number of thioether (sulfide) groups is 1. The Morgan fingerprint density at radius 3 is 2.83 bits per heavy atom. The van der Waals surface area contributed by atoms with E-state index in [1.54, 1.807) is 7.11 Å². The molecule has 0 saturated carbocycles. The van der Waals surface area contributed by atoms with E-state index in [1.807, 2.05) is 0 Å². The zero-order chi connectivity index (χ0) is 13.5. The van der Waals surface area contributed by atoms with Crippen LogP contribution in [0.25, 0.3) is 0 Å². The lowest BCUT2D eigenvalue weighted by Crippen LogP contribution is -2.16. The predicted molar refractivity (Wildman–Crippen MR) is 71.9 cm³/mol. The second-order valence-electron chi connectivity index (χ2n) is 3.34. The average molecular weight is 340 g/mol. The molecule has 0 atom stereocenters. The van der Waals surface area contributed by atoms with E-state index in [1.165, 1.54) is 11.8 Å². The maximum atomic E-state index is 13.4. The van der Waals surface area contributed by atoms with Crippen molar-refractivity contribution in [2.24, 2.45) is 0 Å². The number of nitrogens with one attached hydrogen (secondary N) is 1. The first-order valence-corrected chi connectivity index (χ1v) is 7.00. The molecule has 1 rings (SSSR count). The van der Waals surface area contributed by atoms with Gasteiger partial charge in [-0.05, 0) is 22.0 Å². The number of ether oxygens (including phenoxy) is 1. The van der Waals surface area contributed by atoms with Gasteiger partial charge in [-0.2, -0.15) is 0 Å². The number of halogens is 3. The van der Waals surface area contributed by atoms with Crippen molar-refractivity contribution in [2.75, 3.05) is 30.5 Å². The quantitative estimate of drug-likeness (QED) is 0.809.